The summed E-state index contributed by atoms with van der Waals surface area (Å²) in [6, 6.07) is 2.57. The number of aromatic nitrogens is 3. The highest BCUT2D eigenvalue weighted by molar-refractivity contribution is 5.39. The topological polar surface area (TPSA) is 58.3 Å². The molecular weight excluding hydrogens is 266 g/mol. The van der Waals surface area contributed by atoms with Crippen LogP contribution in [0.5, 0.6) is 0 Å². The van der Waals surface area contributed by atoms with Gasteiger partial charge in [-0.05, 0) is 19.8 Å². The first-order chi connectivity index (χ1) is 10.2. The molecule has 0 bridgehead atoms. The van der Waals surface area contributed by atoms with E-state index in [0.717, 1.165) is 49.9 Å². The summed E-state index contributed by atoms with van der Waals surface area (Å²) in [5.74, 6) is 1.81. The van der Waals surface area contributed by atoms with E-state index in [1.54, 1.807) is 18.8 Å². The van der Waals surface area contributed by atoms with Crippen LogP contribution in [0, 0.1) is 6.92 Å². The van der Waals surface area contributed by atoms with E-state index in [1.165, 1.54) is 0 Å². The Kier molecular flexibility index (Phi) is 4.15. The van der Waals surface area contributed by atoms with E-state index in [2.05, 4.69) is 31.8 Å². The van der Waals surface area contributed by atoms with Gasteiger partial charge in [0.15, 0.2) is 0 Å². The van der Waals surface area contributed by atoms with Gasteiger partial charge in [-0.25, -0.2) is 15.0 Å². The molecule has 0 amide bonds. The van der Waals surface area contributed by atoms with Gasteiger partial charge >= 0.3 is 0 Å². The average molecular weight is 287 g/mol. The molecule has 0 atom stereocenters. The van der Waals surface area contributed by atoms with E-state index in [0.29, 0.717) is 6.04 Å². The normalized spacial score (nSPS) is 17.0. The Morgan fingerprint density at radius 3 is 2.76 bits per heavy atom. The number of anilines is 1. The van der Waals surface area contributed by atoms with Gasteiger partial charge < -0.3 is 9.32 Å². The molecule has 0 spiro atoms. The monoisotopic (exact) mass is 287 g/mol. The fraction of sp³-hybridized carbons (Fsp3) is 0.533. The fourth-order valence-electron chi connectivity index (χ4n) is 2.81. The molecule has 1 aliphatic rings. The molecule has 0 unspecified atom stereocenters. The van der Waals surface area contributed by atoms with E-state index in [-0.39, 0.29) is 0 Å². The molecule has 112 valence electrons. The highest BCUT2D eigenvalue weighted by atomic mass is 16.3. The molecule has 0 aliphatic carbocycles. The highest BCUT2D eigenvalue weighted by Gasteiger charge is 2.24. The lowest BCUT2D eigenvalue weighted by atomic mass is 10.0. The molecule has 0 N–H and O–H groups in total. The number of nitrogens with zero attached hydrogens (tertiary/aromatic N) is 5. The average Bonchev–Trinajstić information content (AvgIpc) is 3.00. The maximum atomic E-state index is 5.31. The molecule has 3 rings (SSSR count). The minimum atomic E-state index is 0.528. The molecule has 0 aromatic carbocycles. The largest absolute Gasteiger partial charge is 0.448 e. The number of likely N-dealkylation sites (tertiary alicyclic amines) is 1. The first-order valence-corrected chi connectivity index (χ1v) is 7.34. The zero-order valence-corrected chi connectivity index (χ0v) is 12.6. The van der Waals surface area contributed by atoms with Gasteiger partial charge in [0.25, 0.3) is 0 Å². The van der Waals surface area contributed by atoms with Crippen LogP contribution in [0.4, 0.5) is 5.82 Å². The van der Waals surface area contributed by atoms with Crippen molar-refractivity contribution in [3.63, 3.8) is 0 Å². The van der Waals surface area contributed by atoms with Crippen LogP contribution in [0.2, 0.25) is 0 Å². The zero-order chi connectivity index (χ0) is 14.7. The Morgan fingerprint density at radius 2 is 2.10 bits per heavy atom. The molecule has 1 aliphatic heterocycles. The summed E-state index contributed by atoms with van der Waals surface area (Å²) < 4.78 is 5.31. The minimum Gasteiger partial charge on any atom is -0.448 e. The standard InChI is InChI=1S/C15H21N5O/c1-12-9-14(18-11-17-12)19(2)13-3-6-20(7-4-13)10-15-16-5-8-21-15/h5,8-9,11,13H,3-4,6-7,10H2,1-2H3. The number of hydrogen-bond donors (Lipinski definition) is 0. The smallest absolute Gasteiger partial charge is 0.208 e. The fourth-order valence-corrected chi connectivity index (χ4v) is 2.81. The van der Waals surface area contributed by atoms with E-state index in [4.69, 9.17) is 4.42 Å². The SMILES string of the molecule is Cc1cc(N(C)C2CCN(Cc3ncco3)CC2)ncn1. The van der Waals surface area contributed by atoms with Crippen molar-refractivity contribution in [2.75, 3.05) is 25.0 Å². The zero-order valence-electron chi connectivity index (χ0n) is 12.6. The molecule has 2 aromatic rings. The predicted molar refractivity (Wildman–Crippen MR) is 80.0 cm³/mol. The summed E-state index contributed by atoms with van der Waals surface area (Å²) in [7, 11) is 2.12. The molecule has 0 radical (unpaired) electrons. The lowest BCUT2D eigenvalue weighted by Crippen LogP contribution is -2.43. The van der Waals surface area contributed by atoms with Gasteiger partial charge in [-0.3, -0.25) is 4.90 Å². The van der Waals surface area contributed by atoms with Crippen LogP contribution in [0.15, 0.2) is 29.3 Å². The highest BCUT2D eigenvalue weighted by Crippen LogP contribution is 2.21. The molecule has 2 aromatic heterocycles. The van der Waals surface area contributed by atoms with Crippen LogP contribution in [0.3, 0.4) is 0 Å². The lowest BCUT2D eigenvalue weighted by molar-refractivity contribution is 0.186. The molecule has 6 heteroatoms. The summed E-state index contributed by atoms with van der Waals surface area (Å²) in [5, 5.41) is 0. The maximum Gasteiger partial charge on any atom is 0.208 e. The van der Waals surface area contributed by atoms with Crippen LogP contribution in [-0.4, -0.2) is 46.0 Å². The first kappa shape index (κ1) is 14.0. The van der Waals surface area contributed by atoms with Gasteiger partial charge in [0.2, 0.25) is 5.89 Å². The number of aryl methyl sites for hydroxylation is 1. The van der Waals surface area contributed by atoms with Gasteiger partial charge in [-0.1, -0.05) is 0 Å². The summed E-state index contributed by atoms with van der Waals surface area (Å²) >= 11 is 0. The Labute approximate surface area is 124 Å². The van der Waals surface area contributed by atoms with Gasteiger partial charge in [0.05, 0.1) is 12.7 Å². The number of piperidine rings is 1. The third-order valence-electron chi connectivity index (χ3n) is 4.10. The number of oxazole rings is 1. The van der Waals surface area contributed by atoms with Crippen molar-refractivity contribution in [3.8, 4) is 0 Å². The summed E-state index contributed by atoms with van der Waals surface area (Å²) in [6.07, 6.45) is 7.22. The van der Waals surface area contributed by atoms with Crippen LogP contribution < -0.4 is 4.90 Å². The van der Waals surface area contributed by atoms with Crippen molar-refractivity contribution < 1.29 is 4.42 Å². The first-order valence-electron chi connectivity index (χ1n) is 7.34. The second kappa shape index (κ2) is 6.22. The van der Waals surface area contributed by atoms with Gasteiger partial charge in [0, 0.05) is 37.9 Å². The van der Waals surface area contributed by atoms with E-state index in [9.17, 15) is 0 Å². The Hall–Kier alpha value is -1.95. The molecule has 1 saturated heterocycles. The summed E-state index contributed by atoms with van der Waals surface area (Å²) in [6.45, 7) is 4.91. The molecule has 21 heavy (non-hydrogen) atoms. The van der Waals surface area contributed by atoms with Gasteiger partial charge in [-0.15, -0.1) is 0 Å². The van der Waals surface area contributed by atoms with Crippen LogP contribution in [0.1, 0.15) is 24.4 Å². The van der Waals surface area contributed by atoms with Crippen molar-refractivity contribution in [2.24, 2.45) is 0 Å². The van der Waals surface area contributed by atoms with Crippen LogP contribution in [-0.2, 0) is 6.54 Å². The second-order valence-corrected chi connectivity index (χ2v) is 5.56. The predicted octanol–water partition coefficient (Wildman–Crippen LogP) is 1.87. The Morgan fingerprint density at radius 1 is 1.29 bits per heavy atom. The summed E-state index contributed by atoms with van der Waals surface area (Å²) in [5.41, 5.74) is 1.01. The lowest BCUT2D eigenvalue weighted by Gasteiger charge is -2.36. The molecule has 6 nitrogen and oxygen atoms in total. The van der Waals surface area contributed by atoms with Gasteiger partial charge in [0.1, 0.15) is 18.4 Å². The molecule has 1 fully saturated rings. The number of hydrogen-bond acceptors (Lipinski definition) is 6. The van der Waals surface area contributed by atoms with Gasteiger partial charge in [-0.2, -0.15) is 0 Å². The van der Waals surface area contributed by atoms with Crippen molar-refractivity contribution in [3.05, 3.63) is 36.4 Å². The van der Waals surface area contributed by atoms with Crippen molar-refractivity contribution >= 4 is 5.82 Å². The van der Waals surface area contributed by atoms with E-state index in [1.807, 2.05) is 13.0 Å². The second-order valence-electron chi connectivity index (χ2n) is 5.56. The van der Waals surface area contributed by atoms with Crippen molar-refractivity contribution in [1.82, 2.24) is 19.9 Å². The maximum absolute atomic E-state index is 5.31. The molecule has 0 saturated carbocycles. The Bertz CT molecular complexity index is 563. The third-order valence-corrected chi connectivity index (χ3v) is 4.10. The van der Waals surface area contributed by atoms with E-state index < -0.39 is 0 Å². The third kappa shape index (κ3) is 3.39. The van der Waals surface area contributed by atoms with Crippen LogP contribution >= 0.6 is 0 Å². The van der Waals surface area contributed by atoms with Crippen molar-refractivity contribution in [1.29, 1.82) is 0 Å². The van der Waals surface area contributed by atoms with Crippen LogP contribution in [0.25, 0.3) is 0 Å². The summed E-state index contributed by atoms with van der Waals surface area (Å²) in [4.78, 5) is 17.4. The minimum absolute atomic E-state index is 0.528. The molecular formula is C15H21N5O. The van der Waals surface area contributed by atoms with Crippen molar-refractivity contribution in [2.45, 2.75) is 32.4 Å². The quantitative estimate of drug-likeness (QED) is 0.855. The van der Waals surface area contributed by atoms with E-state index >= 15 is 0 Å². The number of rotatable bonds is 4. The molecule has 3 heterocycles. The Balaban J connectivity index is 1.55.